The number of aliphatic imine (C=N–C) groups is 1. The van der Waals surface area contributed by atoms with Crippen LogP contribution in [-0.2, 0) is 33.3 Å². The lowest BCUT2D eigenvalue weighted by Crippen LogP contribution is -2.31. The standard InChI is InChI=1S/C33H32N6O10/c1-19-7-13-24(32(43)47-5)26(15-19)37-39-29(20(2)40)30(41)35-23-11-9-22(10-12-23)34-18-49-28(17-45-3)38-36-27-16-21(31(42)46-4)8-14-25(27)33(44)48-6/h7-18,29H,1-6H3,(H,35,41)/b28-17-,34-18?,38-36?,39-37?. The van der Waals surface area contributed by atoms with E-state index in [-0.39, 0.29) is 33.9 Å². The number of methoxy groups -OCH3 is 4. The maximum atomic E-state index is 12.9. The van der Waals surface area contributed by atoms with Gasteiger partial charge in [-0.05, 0) is 74.0 Å². The number of azo groups is 2. The summed E-state index contributed by atoms with van der Waals surface area (Å²) in [7, 11) is 4.98. The molecule has 3 aromatic rings. The SMILES string of the molecule is CO/C=C(/N=Nc1cc(C(=O)OC)ccc1C(=O)OC)OC=Nc1ccc(NC(=O)C(N=Nc2cc(C)ccc2C(=O)OC)C(C)=O)cc1. The molecule has 16 nitrogen and oxygen atoms in total. The lowest BCUT2D eigenvalue weighted by Gasteiger charge is -2.10. The molecule has 1 N–H and O–H groups in total. The lowest BCUT2D eigenvalue weighted by atomic mass is 10.1. The van der Waals surface area contributed by atoms with Gasteiger partial charge in [-0.2, -0.15) is 10.2 Å². The van der Waals surface area contributed by atoms with Crippen molar-refractivity contribution in [3.05, 3.63) is 95.1 Å². The average Bonchev–Trinajstić information content (AvgIpc) is 3.10. The molecule has 1 unspecified atom stereocenters. The van der Waals surface area contributed by atoms with Crippen molar-refractivity contribution in [2.45, 2.75) is 19.9 Å². The van der Waals surface area contributed by atoms with Crippen molar-refractivity contribution in [3.8, 4) is 0 Å². The van der Waals surface area contributed by atoms with Crippen molar-refractivity contribution in [3.63, 3.8) is 0 Å². The molecule has 3 rings (SSSR count). The molecule has 16 heteroatoms. The van der Waals surface area contributed by atoms with E-state index in [1.54, 1.807) is 31.2 Å². The van der Waals surface area contributed by atoms with Gasteiger partial charge in [-0.3, -0.25) is 9.59 Å². The molecule has 1 amide bonds. The first kappa shape index (κ1) is 36.9. The summed E-state index contributed by atoms with van der Waals surface area (Å²) in [5.41, 5.74) is 1.97. The van der Waals surface area contributed by atoms with Crippen molar-refractivity contribution in [1.29, 1.82) is 0 Å². The fourth-order valence-corrected chi connectivity index (χ4v) is 3.85. The summed E-state index contributed by atoms with van der Waals surface area (Å²) in [6, 6.07) is 13.5. The molecule has 0 aliphatic heterocycles. The number of ether oxygens (including phenoxy) is 5. The average molecular weight is 673 g/mol. The summed E-state index contributed by atoms with van der Waals surface area (Å²) in [5.74, 6) is -3.46. The van der Waals surface area contributed by atoms with Gasteiger partial charge >= 0.3 is 17.9 Å². The van der Waals surface area contributed by atoms with Crippen LogP contribution in [-0.4, -0.2) is 70.5 Å². The minimum absolute atomic E-state index is 0.00418. The Kier molecular flexibility index (Phi) is 13.5. The van der Waals surface area contributed by atoms with Crippen molar-refractivity contribution in [1.82, 2.24) is 0 Å². The molecule has 0 aromatic heterocycles. The van der Waals surface area contributed by atoms with E-state index >= 15 is 0 Å². The van der Waals surface area contributed by atoms with E-state index < -0.39 is 35.6 Å². The Labute approximate surface area is 280 Å². The largest absolute Gasteiger partial charge is 0.499 e. The second-order valence-electron chi connectivity index (χ2n) is 9.74. The molecule has 0 aliphatic carbocycles. The number of Topliss-reactive ketones (excluding diaryl/α,β-unsaturated/α-hetero) is 1. The maximum Gasteiger partial charge on any atom is 0.340 e. The lowest BCUT2D eigenvalue weighted by molar-refractivity contribution is -0.126. The van der Waals surface area contributed by atoms with Crippen molar-refractivity contribution in [2.24, 2.45) is 25.4 Å². The van der Waals surface area contributed by atoms with Crippen LogP contribution in [0, 0.1) is 6.92 Å². The number of carbonyl (C=O) groups is 5. The molecule has 254 valence electrons. The topological polar surface area (TPSA) is 205 Å². The van der Waals surface area contributed by atoms with Gasteiger partial charge in [-0.25, -0.2) is 19.4 Å². The molecule has 0 heterocycles. The van der Waals surface area contributed by atoms with Crippen LogP contribution >= 0.6 is 0 Å². The number of nitrogens with one attached hydrogen (secondary N) is 1. The van der Waals surface area contributed by atoms with Gasteiger partial charge in [-0.15, -0.1) is 10.2 Å². The number of nitrogens with zero attached hydrogens (tertiary/aromatic N) is 5. The van der Waals surface area contributed by atoms with Crippen molar-refractivity contribution < 1.29 is 47.7 Å². The molecule has 0 fully saturated rings. The van der Waals surface area contributed by atoms with E-state index in [1.807, 2.05) is 0 Å². The Morgan fingerprint density at radius 1 is 0.755 bits per heavy atom. The number of aryl methyl sites for hydroxylation is 1. The highest BCUT2D eigenvalue weighted by atomic mass is 16.5. The number of anilines is 1. The Morgan fingerprint density at radius 2 is 1.37 bits per heavy atom. The van der Waals surface area contributed by atoms with E-state index in [0.717, 1.165) is 18.2 Å². The fourth-order valence-electron chi connectivity index (χ4n) is 3.85. The number of amides is 1. The fraction of sp³-hybridized carbons (Fsp3) is 0.212. The van der Waals surface area contributed by atoms with Crippen LogP contribution in [0.4, 0.5) is 22.7 Å². The first-order valence-electron chi connectivity index (χ1n) is 14.2. The number of hydrogen-bond acceptors (Lipinski definition) is 15. The van der Waals surface area contributed by atoms with Gasteiger partial charge in [-0.1, -0.05) is 6.07 Å². The zero-order valence-electron chi connectivity index (χ0n) is 27.3. The predicted molar refractivity (Wildman–Crippen MR) is 175 cm³/mol. The van der Waals surface area contributed by atoms with Crippen molar-refractivity contribution >= 4 is 58.7 Å². The Balaban J connectivity index is 1.70. The van der Waals surface area contributed by atoms with Crippen LogP contribution < -0.4 is 5.32 Å². The molecule has 0 spiro atoms. The van der Waals surface area contributed by atoms with Gasteiger partial charge < -0.3 is 29.0 Å². The third-order valence-corrected chi connectivity index (χ3v) is 6.28. The zero-order valence-corrected chi connectivity index (χ0v) is 27.3. The number of carbonyl (C=O) groups excluding carboxylic acids is 5. The maximum absolute atomic E-state index is 12.9. The first-order chi connectivity index (χ1) is 23.5. The Hall–Kier alpha value is -6.58. The van der Waals surface area contributed by atoms with Crippen LogP contribution in [0.5, 0.6) is 0 Å². The smallest absolute Gasteiger partial charge is 0.340 e. The molecule has 0 saturated carbocycles. The summed E-state index contributed by atoms with van der Waals surface area (Å²) in [6.45, 7) is 2.98. The Morgan fingerprint density at radius 3 is 1.96 bits per heavy atom. The van der Waals surface area contributed by atoms with E-state index in [1.165, 1.54) is 71.8 Å². The molecule has 49 heavy (non-hydrogen) atoms. The molecule has 1 atom stereocenters. The molecule has 0 radical (unpaired) electrons. The van der Waals surface area contributed by atoms with Crippen LogP contribution in [0.3, 0.4) is 0 Å². The molecular formula is C33H32N6O10. The Bertz CT molecular complexity index is 1830. The molecule has 0 aliphatic rings. The monoisotopic (exact) mass is 672 g/mol. The van der Waals surface area contributed by atoms with Gasteiger partial charge in [0.1, 0.15) is 17.6 Å². The van der Waals surface area contributed by atoms with Crippen LogP contribution in [0.1, 0.15) is 43.6 Å². The van der Waals surface area contributed by atoms with Gasteiger partial charge in [0.15, 0.2) is 12.2 Å². The second kappa shape index (κ2) is 17.9. The molecule has 0 bridgehead atoms. The van der Waals surface area contributed by atoms with Crippen LogP contribution in [0.25, 0.3) is 0 Å². The summed E-state index contributed by atoms with van der Waals surface area (Å²) in [4.78, 5) is 65.5. The number of benzene rings is 3. The molecule has 3 aromatic carbocycles. The predicted octanol–water partition coefficient (Wildman–Crippen LogP) is 5.94. The third-order valence-electron chi connectivity index (χ3n) is 6.28. The summed E-state index contributed by atoms with van der Waals surface area (Å²) < 4.78 is 24.6. The number of rotatable bonds is 14. The summed E-state index contributed by atoms with van der Waals surface area (Å²) in [5, 5.41) is 18.4. The quantitative estimate of drug-likeness (QED) is 0.0406. The summed E-state index contributed by atoms with van der Waals surface area (Å²) >= 11 is 0. The van der Waals surface area contributed by atoms with E-state index in [4.69, 9.17) is 23.7 Å². The van der Waals surface area contributed by atoms with E-state index in [2.05, 4.69) is 30.8 Å². The van der Waals surface area contributed by atoms with Crippen LogP contribution in [0.15, 0.2) is 98.3 Å². The van der Waals surface area contributed by atoms with Gasteiger partial charge in [0.05, 0.1) is 50.8 Å². The van der Waals surface area contributed by atoms with Gasteiger partial charge in [0.25, 0.3) is 11.8 Å². The highest BCUT2D eigenvalue weighted by Gasteiger charge is 2.24. The van der Waals surface area contributed by atoms with Gasteiger partial charge in [0, 0.05) is 5.69 Å². The van der Waals surface area contributed by atoms with Gasteiger partial charge in [0.2, 0.25) is 6.04 Å². The number of ketones is 1. The van der Waals surface area contributed by atoms with E-state index in [0.29, 0.717) is 11.4 Å². The van der Waals surface area contributed by atoms with E-state index in [9.17, 15) is 24.0 Å². The minimum Gasteiger partial charge on any atom is -0.499 e. The highest BCUT2D eigenvalue weighted by molar-refractivity contribution is 6.10. The first-order valence-corrected chi connectivity index (χ1v) is 14.2. The number of hydrogen-bond donors (Lipinski definition) is 1. The minimum atomic E-state index is -1.48. The third kappa shape index (κ3) is 10.5. The zero-order chi connectivity index (χ0) is 35.9. The highest BCUT2D eigenvalue weighted by Crippen LogP contribution is 2.25. The molecular weight excluding hydrogens is 640 g/mol. The van der Waals surface area contributed by atoms with Crippen molar-refractivity contribution in [2.75, 3.05) is 33.8 Å². The normalized spacial score (nSPS) is 12.1. The molecule has 0 saturated heterocycles. The summed E-state index contributed by atoms with van der Waals surface area (Å²) in [6.07, 6.45) is 2.16. The second-order valence-corrected chi connectivity index (χ2v) is 9.74. The number of esters is 3. The van der Waals surface area contributed by atoms with Crippen LogP contribution in [0.2, 0.25) is 0 Å².